The molecule has 6 heavy (non-hydrogen) atoms. The Balaban J connectivity index is 2.24. The highest BCUT2D eigenvalue weighted by Crippen LogP contribution is 2.26. The summed E-state index contributed by atoms with van der Waals surface area (Å²) >= 11 is 5.36. The van der Waals surface area contributed by atoms with Gasteiger partial charge in [-0.15, -0.1) is 11.6 Å². The highest BCUT2D eigenvalue weighted by atomic mass is 35.5. The first-order valence-corrected chi connectivity index (χ1v) is 2.71. The lowest BCUT2D eigenvalue weighted by Gasteiger charge is -1.65. The molecule has 0 radical (unpaired) electrons. The molecule has 0 nitrogen and oxygen atoms in total. The molecular weight excluding hydrogens is 95.5 g/mol. The normalized spacial score (nSPS) is 17.8. The average Bonchev–Trinajstić information content (AvgIpc) is 2.21. The summed E-state index contributed by atoms with van der Waals surface area (Å²) in [6.07, 6.45) is 4.68. The van der Waals surface area contributed by atoms with E-state index in [0.717, 1.165) is 0 Å². The number of alkyl halides is 1. The number of rotatable bonds is 1. The van der Waals surface area contributed by atoms with Gasteiger partial charge in [0.1, 0.15) is 0 Å². The molecule has 0 aliphatic heterocycles. The van der Waals surface area contributed by atoms with Gasteiger partial charge in [-0.3, -0.25) is 0 Å². The summed E-state index contributed by atoms with van der Waals surface area (Å²) in [5.74, 6) is 0.704. The van der Waals surface area contributed by atoms with Crippen LogP contribution in [-0.2, 0) is 0 Å². The van der Waals surface area contributed by atoms with E-state index in [9.17, 15) is 0 Å². The van der Waals surface area contributed by atoms with E-state index >= 15 is 0 Å². The molecule has 1 rings (SSSR count). The van der Waals surface area contributed by atoms with Gasteiger partial charge >= 0.3 is 0 Å². The fraction of sp³-hybridized carbons (Fsp3) is 0.600. The van der Waals surface area contributed by atoms with Crippen molar-refractivity contribution in [2.45, 2.75) is 12.8 Å². The molecule has 1 aliphatic rings. The lowest BCUT2D eigenvalue weighted by atomic mass is 10.5. The van der Waals surface area contributed by atoms with Crippen LogP contribution >= 0.6 is 11.6 Å². The molecule has 34 valence electrons. The van der Waals surface area contributed by atoms with Gasteiger partial charge in [-0.1, -0.05) is 11.6 Å². The van der Waals surface area contributed by atoms with Gasteiger partial charge in [0.25, 0.3) is 0 Å². The second-order valence-corrected chi connectivity index (χ2v) is 1.83. The van der Waals surface area contributed by atoms with Crippen LogP contribution in [0.4, 0.5) is 0 Å². The Morgan fingerprint density at radius 3 is 2.50 bits per heavy atom. The molecule has 0 amide bonds. The van der Waals surface area contributed by atoms with Crippen LogP contribution in [0.15, 0.2) is 11.6 Å². The van der Waals surface area contributed by atoms with Crippen LogP contribution in [0.25, 0.3) is 0 Å². The quantitative estimate of drug-likeness (QED) is 0.351. The van der Waals surface area contributed by atoms with Crippen LogP contribution < -0.4 is 0 Å². The minimum atomic E-state index is 0.704. The average molecular weight is 103 g/mol. The predicted octanol–water partition coefficient (Wildman–Crippen LogP) is 1.95. The summed E-state index contributed by atoms with van der Waals surface area (Å²) in [7, 11) is 0. The molecule has 0 saturated heterocycles. The van der Waals surface area contributed by atoms with E-state index in [4.69, 9.17) is 11.6 Å². The van der Waals surface area contributed by atoms with Crippen LogP contribution in [0.3, 0.4) is 0 Å². The largest absolute Gasteiger partial charge is 0.122 e. The number of allylic oxidation sites excluding steroid dienone is 2. The SMILES string of the molecule is ClCC=C1CC1. The van der Waals surface area contributed by atoms with Gasteiger partial charge < -0.3 is 0 Å². The molecule has 0 heterocycles. The number of hydrogen-bond donors (Lipinski definition) is 0. The minimum absolute atomic E-state index is 0.704. The third-order valence-electron chi connectivity index (χ3n) is 0.905. The van der Waals surface area contributed by atoms with Crippen LogP contribution in [0.2, 0.25) is 0 Å². The standard InChI is InChI=1S/C5H7Cl/c6-4-3-5-1-2-5/h3H,1-2,4H2. The van der Waals surface area contributed by atoms with E-state index in [1.807, 2.05) is 0 Å². The van der Waals surface area contributed by atoms with Gasteiger partial charge in [0, 0.05) is 5.88 Å². The summed E-state index contributed by atoms with van der Waals surface area (Å²) in [5.41, 5.74) is 1.53. The second-order valence-electron chi connectivity index (χ2n) is 1.52. The molecule has 0 aromatic rings. The van der Waals surface area contributed by atoms with Crippen LogP contribution in [-0.4, -0.2) is 5.88 Å². The maximum absolute atomic E-state index is 5.36. The van der Waals surface area contributed by atoms with E-state index in [1.165, 1.54) is 18.4 Å². The summed E-state index contributed by atoms with van der Waals surface area (Å²) in [6.45, 7) is 0. The molecule has 1 fully saturated rings. The van der Waals surface area contributed by atoms with Crippen molar-refractivity contribution < 1.29 is 0 Å². The third-order valence-corrected chi connectivity index (χ3v) is 1.06. The molecule has 1 aliphatic carbocycles. The van der Waals surface area contributed by atoms with Crippen molar-refractivity contribution in [2.24, 2.45) is 0 Å². The summed E-state index contributed by atoms with van der Waals surface area (Å²) in [6, 6.07) is 0. The number of hydrogen-bond acceptors (Lipinski definition) is 0. The summed E-state index contributed by atoms with van der Waals surface area (Å²) in [4.78, 5) is 0. The summed E-state index contributed by atoms with van der Waals surface area (Å²) < 4.78 is 0. The molecule has 0 bridgehead atoms. The van der Waals surface area contributed by atoms with Crippen molar-refractivity contribution in [3.63, 3.8) is 0 Å². The highest BCUT2D eigenvalue weighted by molar-refractivity contribution is 6.18. The fourth-order valence-electron chi connectivity index (χ4n) is 0.385. The first-order chi connectivity index (χ1) is 2.93. The lowest BCUT2D eigenvalue weighted by molar-refractivity contribution is 1.50. The topological polar surface area (TPSA) is 0 Å². The Hall–Kier alpha value is 0.0300. The monoisotopic (exact) mass is 102 g/mol. The maximum atomic E-state index is 5.36. The first-order valence-electron chi connectivity index (χ1n) is 2.17. The minimum Gasteiger partial charge on any atom is -0.122 e. The van der Waals surface area contributed by atoms with Crippen molar-refractivity contribution in [3.05, 3.63) is 11.6 Å². The molecule has 0 aromatic carbocycles. The zero-order valence-electron chi connectivity index (χ0n) is 3.58. The molecule has 1 heteroatoms. The zero-order valence-corrected chi connectivity index (χ0v) is 4.33. The van der Waals surface area contributed by atoms with Gasteiger partial charge in [-0.2, -0.15) is 0 Å². The van der Waals surface area contributed by atoms with Gasteiger partial charge in [0.05, 0.1) is 0 Å². The third kappa shape index (κ3) is 1.02. The Morgan fingerprint density at radius 2 is 2.33 bits per heavy atom. The van der Waals surface area contributed by atoms with Crippen LogP contribution in [0.5, 0.6) is 0 Å². The van der Waals surface area contributed by atoms with Crippen molar-refractivity contribution in [1.29, 1.82) is 0 Å². The predicted molar refractivity (Wildman–Crippen MR) is 28.0 cm³/mol. The highest BCUT2D eigenvalue weighted by Gasteiger charge is 2.08. The molecule has 0 N–H and O–H groups in total. The Morgan fingerprint density at radius 1 is 1.67 bits per heavy atom. The lowest BCUT2D eigenvalue weighted by Crippen LogP contribution is -1.53. The van der Waals surface area contributed by atoms with E-state index in [0.29, 0.717) is 5.88 Å². The zero-order chi connectivity index (χ0) is 4.41. The molecule has 0 atom stereocenters. The fourth-order valence-corrected chi connectivity index (χ4v) is 0.604. The van der Waals surface area contributed by atoms with Crippen molar-refractivity contribution in [3.8, 4) is 0 Å². The summed E-state index contributed by atoms with van der Waals surface area (Å²) in [5, 5.41) is 0. The maximum Gasteiger partial charge on any atom is 0.0406 e. The first kappa shape index (κ1) is 4.20. The van der Waals surface area contributed by atoms with Gasteiger partial charge in [0.15, 0.2) is 0 Å². The Bertz CT molecular complexity index is 68.0. The van der Waals surface area contributed by atoms with Crippen molar-refractivity contribution in [2.75, 3.05) is 5.88 Å². The van der Waals surface area contributed by atoms with E-state index < -0.39 is 0 Å². The molecule has 0 unspecified atom stereocenters. The Kier molecular flexibility index (Phi) is 1.16. The van der Waals surface area contributed by atoms with Gasteiger partial charge in [-0.05, 0) is 12.8 Å². The molecule has 0 spiro atoms. The van der Waals surface area contributed by atoms with Crippen molar-refractivity contribution in [1.82, 2.24) is 0 Å². The van der Waals surface area contributed by atoms with Crippen LogP contribution in [0, 0.1) is 0 Å². The van der Waals surface area contributed by atoms with E-state index in [2.05, 4.69) is 6.08 Å². The van der Waals surface area contributed by atoms with E-state index in [1.54, 1.807) is 0 Å². The van der Waals surface area contributed by atoms with Gasteiger partial charge in [0.2, 0.25) is 0 Å². The second kappa shape index (κ2) is 1.65. The number of halogens is 1. The molecular formula is C5H7Cl. The Labute approximate surface area is 42.8 Å². The van der Waals surface area contributed by atoms with Crippen molar-refractivity contribution >= 4 is 11.6 Å². The smallest absolute Gasteiger partial charge is 0.0406 e. The van der Waals surface area contributed by atoms with E-state index in [-0.39, 0.29) is 0 Å². The molecule has 0 aromatic heterocycles. The molecule has 1 saturated carbocycles. The van der Waals surface area contributed by atoms with Crippen LogP contribution in [0.1, 0.15) is 12.8 Å². The van der Waals surface area contributed by atoms with Gasteiger partial charge in [-0.25, -0.2) is 0 Å².